The number of benzene rings is 2. The Morgan fingerprint density at radius 2 is 1.82 bits per heavy atom. The number of aromatic amines is 1. The molecule has 0 aliphatic carbocycles. The maximum atomic E-state index is 13.9. The molecule has 0 atom stereocenters. The molecular weight excluding hydrogens is 501 g/mol. The fraction of sp³-hybridized carbons (Fsp3) is 0.138. The molecule has 0 fully saturated rings. The molecule has 0 aliphatic rings. The summed E-state index contributed by atoms with van der Waals surface area (Å²) in [6.07, 6.45) is 3.22. The maximum Gasteiger partial charge on any atom is 0.266 e. The lowest BCUT2D eigenvalue weighted by molar-refractivity contribution is 0.460. The van der Waals surface area contributed by atoms with E-state index >= 15 is 0 Å². The summed E-state index contributed by atoms with van der Waals surface area (Å²) in [6, 6.07) is 20.7. The summed E-state index contributed by atoms with van der Waals surface area (Å²) in [5.41, 5.74) is 3.96. The lowest BCUT2D eigenvalue weighted by atomic mass is 10.0. The first-order chi connectivity index (χ1) is 18.4. The Morgan fingerprint density at radius 1 is 1.08 bits per heavy atom. The third-order valence-corrected chi connectivity index (χ3v) is 7.36. The van der Waals surface area contributed by atoms with E-state index in [4.69, 9.17) is 0 Å². The normalized spacial score (nSPS) is 11.1. The van der Waals surface area contributed by atoms with Gasteiger partial charge in [0.2, 0.25) is 5.95 Å². The van der Waals surface area contributed by atoms with Gasteiger partial charge in [-0.25, -0.2) is 4.98 Å². The standard InChI is InChI=1S/C29H26FN5O2S/c1-4-35(20-8-6-5-7-9-20)25-24(23-15-17-34(3)33-23)32-29(37)27(26(25)36)38-21-12-10-19(11-13-21)22-14-16-31-28(30)18(22)2/h5-17H,4H2,1-3H3,(H2,32,36,37). The molecule has 192 valence electrons. The van der Waals surface area contributed by atoms with E-state index in [9.17, 15) is 14.3 Å². The smallest absolute Gasteiger partial charge is 0.266 e. The molecule has 0 bridgehead atoms. The molecule has 0 unspecified atom stereocenters. The van der Waals surface area contributed by atoms with Gasteiger partial charge in [0.25, 0.3) is 5.56 Å². The zero-order chi connectivity index (χ0) is 26.8. The number of halogens is 1. The molecule has 7 nitrogen and oxygen atoms in total. The molecular formula is C29H26FN5O2S. The van der Waals surface area contributed by atoms with Gasteiger partial charge in [-0.1, -0.05) is 42.1 Å². The van der Waals surface area contributed by atoms with Crippen molar-refractivity contribution in [2.75, 3.05) is 11.4 Å². The van der Waals surface area contributed by atoms with Crippen LogP contribution in [0.2, 0.25) is 0 Å². The van der Waals surface area contributed by atoms with Gasteiger partial charge in [-0.05, 0) is 61.4 Å². The van der Waals surface area contributed by atoms with Crippen molar-refractivity contribution in [3.63, 3.8) is 0 Å². The fourth-order valence-corrected chi connectivity index (χ4v) is 5.22. The number of nitrogens with zero attached hydrogens (tertiary/aromatic N) is 4. The van der Waals surface area contributed by atoms with Crippen molar-refractivity contribution in [1.82, 2.24) is 19.7 Å². The van der Waals surface area contributed by atoms with Crippen LogP contribution in [0.5, 0.6) is 5.75 Å². The van der Waals surface area contributed by atoms with Crippen LogP contribution in [-0.2, 0) is 7.05 Å². The minimum Gasteiger partial charge on any atom is -0.504 e. The van der Waals surface area contributed by atoms with E-state index in [1.54, 1.807) is 37.0 Å². The van der Waals surface area contributed by atoms with Crippen LogP contribution in [0.1, 0.15) is 12.5 Å². The molecule has 5 rings (SSSR count). The fourth-order valence-electron chi connectivity index (χ4n) is 4.38. The Balaban J connectivity index is 1.59. The number of H-pyrrole nitrogens is 1. The first-order valence-electron chi connectivity index (χ1n) is 12.1. The second-order valence-corrected chi connectivity index (χ2v) is 9.79. The first kappa shape index (κ1) is 25.3. The highest BCUT2D eigenvalue weighted by Gasteiger charge is 2.25. The van der Waals surface area contributed by atoms with Crippen LogP contribution in [0, 0.1) is 12.9 Å². The van der Waals surface area contributed by atoms with Crippen LogP contribution in [-0.4, -0.2) is 31.4 Å². The van der Waals surface area contributed by atoms with Gasteiger partial charge >= 0.3 is 0 Å². The molecule has 5 aromatic rings. The predicted octanol–water partition coefficient (Wildman–Crippen LogP) is 6.30. The van der Waals surface area contributed by atoms with E-state index in [1.807, 2.05) is 66.4 Å². The van der Waals surface area contributed by atoms with Gasteiger partial charge in [0.05, 0.1) is 5.69 Å². The van der Waals surface area contributed by atoms with Gasteiger partial charge < -0.3 is 15.0 Å². The van der Waals surface area contributed by atoms with E-state index in [0.29, 0.717) is 29.2 Å². The summed E-state index contributed by atoms with van der Waals surface area (Å²) in [7, 11) is 1.80. The zero-order valence-corrected chi connectivity index (χ0v) is 22.0. The van der Waals surface area contributed by atoms with E-state index in [-0.39, 0.29) is 10.6 Å². The SMILES string of the molecule is CCN(c1ccccc1)c1c(-c2ccn(C)n2)[nH]c(=O)c(Sc2ccc(-c3ccnc(F)c3C)cc2)c1O. The molecule has 0 saturated carbocycles. The molecule has 0 saturated heterocycles. The quantitative estimate of drug-likeness (QED) is 0.242. The van der Waals surface area contributed by atoms with Crippen LogP contribution in [0.3, 0.4) is 0 Å². The molecule has 0 aliphatic heterocycles. The maximum absolute atomic E-state index is 13.9. The topological polar surface area (TPSA) is 87.0 Å². The van der Waals surface area contributed by atoms with Crippen molar-refractivity contribution >= 4 is 23.1 Å². The number of aromatic nitrogens is 4. The summed E-state index contributed by atoms with van der Waals surface area (Å²) < 4.78 is 15.6. The van der Waals surface area contributed by atoms with Crippen molar-refractivity contribution in [2.45, 2.75) is 23.6 Å². The summed E-state index contributed by atoms with van der Waals surface area (Å²) in [4.78, 5) is 22.8. The average molecular weight is 528 g/mol. The molecule has 2 aromatic carbocycles. The number of pyridine rings is 2. The van der Waals surface area contributed by atoms with Gasteiger partial charge in [-0.2, -0.15) is 9.49 Å². The summed E-state index contributed by atoms with van der Waals surface area (Å²) in [6.45, 7) is 4.22. The van der Waals surface area contributed by atoms with Gasteiger partial charge in [0.1, 0.15) is 16.3 Å². The molecule has 2 N–H and O–H groups in total. The van der Waals surface area contributed by atoms with Crippen molar-refractivity contribution < 1.29 is 9.50 Å². The molecule has 0 amide bonds. The van der Waals surface area contributed by atoms with E-state index < -0.39 is 11.5 Å². The average Bonchev–Trinajstić information content (AvgIpc) is 3.36. The number of hydrogen-bond acceptors (Lipinski definition) is 6. The molecule has 3 heterocycles. The monoisotopic (exact) mass is 527 g/mol. The van der Waals surface area contributed by atoms with Crippen LogP contribution < -0.4 is 10.5 Å². The van der Waals surface area contributed by atoms with Crippen molar-refractivity contribution in [2.24, 2.45) is 7.05 Å². The Morgan fingerprint density at radius 3 is 2.47 bits per heavy atom. The van der Waals surface area contributed by atoms with Crippen LogP contribution in [0.4, 0.5) is 15.8 Å². The van der Waals surface area contributed by atoms with E-state index in [1.165, 1.54) is 18.0 Å². The zero-order valence-electron chi connectivity index (χ0n) is 21.1. The second-order valence-electron chi connectivity index (χ2n) is 8.71. The third-order valence-electron chi connectivity index (χ3n) is 6.27. The minimum absolute atomic E-state index is 0.124. The molecule has 38 heavy (non-hydrogen) atoms. The Kier molecular flexibility index (Phi) is 7.02. The number of aromatic hydroxyl groups is 1. The van der Waals surface area contributed by atoms with Gasteiger partial charge in [-0.3, -0.25) is 9.48 Å². The van der Waals surface area contributed by atoms with Crippen molar-refractivity contribution in [3.8, 4) is 28.3 Å². The molecule has 3 aromatic heterocycles. The highest BCUT2D eigenvalue weighted by Crippen LogP contribution is 2.44. The van der Waals surface area contributed by atoms with Crippen molar-refractivity contribution in [1.29, 1.82) is 0 Å². The molecule has 9 heteroatoms. The molecule has 0 spiro atoms. The minimum atomic E-state index is -0.503. The Hall–Kier alpha value is -4.37. The summed E-state index contributed by atoms with van der Waals surface area (Å²) in [5.74, 6) is -0.627. The number of rotatable bonds is 7. The van der Waals surface area contributed by atoms with Crippen LogP contribution in [0.25, 0.3) is 22.5 Å². The number of para-hydroxylation sites is 1. The number of anilines is 2. The first-order valence-corrected chi connectivity index (χ1v) is 12.9. The summed E-state index contributed by atoms with van der Waals surface area (Å²) in [5, 5.41) is 16.0. The Labute approximate surface area is 223 Å². The largest absolute Gasteiger partial charge is 0.504 e. The number of aryl methyl sites for hydroxylation is 1. The predicted molar refractivity (Wildman–Crippen MR) is 149 cm³/mol. The second kappa shape index (κ2) is 10.5. The summed E-state index contributed by atoms with van der Waals surface area (Å²) >= 11 is 1.17. The van der Waals surface area contributed by atoms with Crippen molar-refractivity contribution in [3.05, 3.63) is 101 Å². The van der Waals surface area contributed by atoms with Gasteiger partial charge in [0, 0.05) is 42.1 Å². The highest BCUT2D eigenvalue weighted by atomic mass is 32.2. The van der Waals surface area contributed by atoms with Gasteiger partial charge in [0.15, 0.2) is 5.75 Å². The van der Waals surface area contributed by atoms with Crippen LogP contribution >= 0.6 is 11.8 Å². The number of nitrogens with one attached hydrogen (secondary N) is 1. The Bertz CT molecular complexity index is 1650. The van der Waals surface area contributed by atoms with Crippen LogP contribution in [0.15, 0.2) is 93.7 Å². The lowest BCUT2D eigenvalue weighted by Crippen LogP contribution is -2.21. The highest BCUT2D eigenvalue weighted by molar-refractivity contribution is 7.99. The van der Waals surface area contributed by atoms with E-state index in [0.717, 1.165) is 21.7 Å². The third kappa shape index (κ3) is 4.80. The lowest BCUT2D eigenvalue weighted by Gasteiger charge is -2.27. The number of hydrogen-bond donors (Lipinski definition) is 2. The van der Waals surface area contributed by atoms with Gasteiger partial charge in [-0.15, -0.1) is 0 Å². The van der Waals surface area contributed by atoms with E-state index in [2.05, 4.69) is 15.1 Å². The molecule has 0 radical (unpaired) electrons.